The van der Waals surface area contributed by atoms with Crippen molar-refractivity contribution in [1.29, 1.82) is 0 Å². The normalized spacial score (nSPS) is 10.6. The van der Waals surface area contributed by atoms with Gasteiger partial charge in [-0.3, -0.25) is 9.48 Å². The Hall–Kier alpha value is -2.10. The number of hydrogen-bond donors (Lipinski definition) is 0. The van der Waals surface area contributed by atoms with Gasteiger partial charge < -0.3 is 4.74 Å². The largest absolute Gasteiger partial charge is 0.493 e. The number of aryl methyl sites for hydroxylation is 3. The van der Waals surface area contributed by atoms with Crippen LogP contribution in [0.4, 0.5) is 0 Å². The zero-order valence-corrected chi connectivity index (χ0v) is 12.2. The van der Waals surface area contributed by atoms with Crippen molar-refractivity contribution in [3.8, 4) is 5.75 Å². The van der Waals surface area contributed by atoms with E-state index in [0.29, 0.717) is 24.4 Å². The number of methoxy groups -OCH3 is 1. The minimum Gasteiger partial charge on any atom is -0.493 e. The number of carbonyl (C=O) groups excluding carboxylic acids is 1. The first-order chi connectivity index (χ1) is 9.65. The van der Waals surface area contributed by atoms with E-state index in [1.54, 1.807) is 18.0 Å². The van der Waals surface area contributed by atoms with Gasteiger partial charge in [-0.2, -0.15) is 5.10 Å². The van der Waals surface area contributed by atoms with Crippen molar-refractivity contribution >= 4 is 5.78 Å². The number of aromatic nitrogens is 2. The van der Waals surface area contributed by atoms with Crippen molar-refractivity contribution < 1.29 is 9.53 Å². The Balaban J connectivity index is 2.10. The van der Waals surface area contributed by atoms with Crippen molar-refractivity contribution in [3.63, 3.8) is 0 Å². The Kier molecular flexibility index (Phi) is 4.56. The molecule has 0 unspecified atom stereocenters. The lowest BCUT2D eigenvalue weighted by atomic mass is 10.0. The maximum Gasteiger partial charge on any atom is 0.185 e. The van der Waals surface area contributed by atoms with Crippen LogP contribution in [0.5, 0.6) is 5.75 Å². The molecule has 0 aliphatic carbocycles. The summed E-state index contributed by atoms with van der Waals surface area (Å²) >= 11 is 0. The molecule has 0 bridgehead atoms. The summed E-state index contributed by atoms with van der Waals surface area (Å²) in [6, 6.07) is 8.24. The first-order valence-corrected chi connectivity index (χ1v) is 6.84. The average molecular weight is 272 g/mol. The van der Waals surface area contributed by atoms with Crippen LogP contribution in [0, 0.1) is 6.92 Å². The molecule has 106 valence electrons. The molecule has 0 aliphatic rings. The number of Topliss-reactive ketones (excluding diaryl/α,β-unsaturated/α-hetero) is 1. The van der Waals surface area contributed by atoms with E-state index in [2.05, 4.69) is 30.2 Å². The standard InChI is InChI=1S/C16H20N2O2/c1-4-18-16(15(20-3)11-17-18)14(19)9-8-13-7-5-6-12(2)10-13/h5-7,10-11H,4,8-9H2,1-3H3. The second kappa shape index (κ2) is 6.37. The lowest BCUT2D eigenvalue weighted by molar-refractivity contribution is 0.0969. The van der Waals surface area contributed by atoms with Gasteiger partial charge in [0.1, 0.15) is 5.69 Å². The molecule has 0 N–H and O–H groups in total. The molecule has 0 saturated carbocycles. The molecule has 0 amide bonds. The van der Waals surface area contributed by atoms with Crippen LogP contribution in [-0.2, 0) is 13.0 Å². The van der Waals surface area contributed by atoms with Gasteiger partial charge in [-0.05, 0) is 25.8 Å². The molecular weight excluding hydrogens is 252 g/mol. The van der Waals surface area contributed by atoms with Crippen molar-refractivity contribution in [2.24, 2.45) is 0 Å². The van der Waals surface area contributed by atoms with Gasteiger partial charge in [0, 0.05) is 13.0 Å². The summed E-state index contributed by atoms with van der Waals surface area (Å²) < 4.78 is 6.91. The smallest absolute Gasteiger partial charge is 0.185 e. The summed E-state index contributed by atoms with van der Waals surface area (Å²) in [5.41, 5.74) is 2.97. The van der Waals surface area contributed by atoms with Gasteiger partial charge in [-0.15, -0.1) is 0 Å². The van der Waals surface area contributed by atoms with E-state index in [9.17, 15) is 4.79 Å². The SMILES string of the molecule is CCn1ncc(OC)c1C(=O)CCc1cccc(C)c1. The van der Waals surface area contributed by atoms with E-state index >= 15 is 0 Å². The highest BCUT2D eigenvalue weighted by molar-refractivity contribution is 5.97. The van der Waals surface area contributed by atoms with Crippen molar-refractivity contribution in [2.75, 3.05) is 7.11 Å². The van der Waals surface area contributed by atoms with Gasteiger partial charge in [0.25, 0.3) is 0 Å². The van der Waals surface area contributed by atoms with E-state index in [-0.39, 0.29) is 5.78 Å². The summed E-state index contributed by atoms with van der Waals surface area (Å²) in [5, 5.41) is 4.17. The first kappa shape index (κ1) is 14.3. The van der Waals surface area contributed by atoms with E-state index in [0.717, 1.165) is 6.42 Å². The molecule has 0 atom stereocenters. The minimum atomic E-state index is 0.0720. The van der Waals surface area contributed by atoms with Crippen LogP contribution in [-0.4, -0.2) is 22.7 Å². The molecule has 0 spiro atoms. The molecule has 1 aromatic heterocycles. The average Bonchev–Trinajstić information content (AvgIpc) is 2.88. The molecular formula is C16H20N2O2. The van der Waals surface area contributed by atoms with Gasteiger partial charge in [-0.1, -0.05) is 29.8 Å². The number of rotatable bonds is 6. The monoisotopic (exact) mass is 272 g/mol. The zero-order chi connectivity index (χ0) is 14.5. The third kappa shape index (κ3) is 3.07. The van der Waals surface area contributed by atoms with E-state index < -0.39 is 0 Å². The molecule has 0 fully saturated rings. The Morgan fingerprint density at radius 1 is 1.40 bits per heavy atom. The van der Waals surface area contributed by atoms with Crippen LogP contribution in [0.3, 0.4) is 0 Å². The Labute approximate surface area is 119 Å². The molecule has 2 aromatic rings. The second-order valence-electron chi connectivity index (χ2n) is 4.79. The van der Waals surface area contributed by atoms with Gasteiger partial charge in [0.15, 0.2) is 11.5 Å². The van der Waals surface area contributed by atoms with Gasteiger partial charge in [0.05, 0.1) is 13.3 Å². The van der Waals surface area contributed by atoms with Crippen LogP contribution in [0.1, 0.15) is 35.0 Å². The predicted molar refractivity (Wildman–Crippen MR) is 78.3 cm³/mol. The topological polar surface area (TPSA) is 44.1 Å². The lowest BCUT2D eigenvalue weighted by Crippen LogP contribution is -2.11. The highest BCUT2D eigenvalue weighted by atomic mass is 16.5. The quantitative estimate of drug-likeness (QED) is 0.759. The number of carbonyl (C=O) groups is 1. The number of ketones is 1. The molecule has 2 rings (SSSR count). The molecule has 0 saturated heterocycles. The first-order valence-electron chi connectivity index (χ1n) is 6.84. The van der Waals surface area contributed by atoms with Crippen LogP contribution in [0.25, 0.3) is 0 Å². The molecule has 1 aromatic carbocycles. The van der Waals surface area contributed by atoms with Crippen LogP contribution in [0.2, 0.25) is 0 Å². The predicted octanol–water partition coefficient (Wildman–Crippen LogP) is 3.04. The van der Waals surface area contributed by atoms with Crippen molar-refractivity contribution in [3.05, 3.63) is 47.3 Å². The third-order valence-electron chi connectivity index (χ3n) is 3.31. The van der Waals surface area contributed by atoms with Crippen LogP contribution in [0.15, 0.2) is 30.5 Å². The molecule has 4 nitrogen and oxygen atoms in total. The summed E-state index contributed by atoms with van der Waals surface area (Å²) in [6.45, 7) is 4.68. The fraction of sp³-hybridized carbons (Fsp3) is 0.375. The number of benzene rings is 1. The minimum absolute atomic E-state index is 0.0720. The molecule has 1 heterocycles. The summed E-state index contributed by atoms with van der Waals surface area (Å²) in [4.78, 5) is 12.4. The Morgan fingerprint density at radius 2 is 2.20 bits per heavy atom. The molecule has 0 radical (unpaired) electrons. The maximum absolute atomic E-state index is 12.4. The highest BCUT2D eigenvalue weighted by Crippen LogP contribution is 2.20. The number of hydrogen-bond acceptors (Lipinski definition) is 3. The Morgan fingerprint density at radius 3 is 2.85 bits per heavy atom. The van der Waals surface area contributed by atoms with Crippen LogP contribution >= 0.6 is 0 Å². The Bertz CT molecular complexity index is 581. The van der Waals surface area contributed by atoms with E-state index in [1.165, 1.54) is 11.1 Å². The van der Waals surface area contributed by atoms with Gasteiger partial charge in [0.2, 0.25) is 0 Å². The van der Waals surface area contributed by atoms with Crippen molar-refractivity contribution in [1.82, 2.24) is 9.78 Å². The van der Waals surface area contributed by atoms with Gasteiger partial charge in [-0.25, -0.2) is 0 Å². The number of nitrogens with zero attached hydrogens (tertiary/aromatic N) is 2. The highest BCUT2D eigenvalue weighted by Gasteiger charge is 2.18. The zero-order valence-electron chi connectivity index (χ0n) is 12.2. The van der Waals surface area contributed by atoms with Gasteiger partial charge >= 0.3 is 0 Å². The molecule has 0 aliphatic heterocycles. The number of ether oxygens (including phenoxy) is 1. The summed E-state index contributed by atoms with van der Waals surface area (Å²) in [6.07, 6.45) is 2.80. The van der Waals surface area contributed by atoms with Crippen molar-refractivity contribution in [2.45, 2.75) is 33.2 Å². The maximum atomic E-state index is 12.4. The fourth-order valence-electron chi connectivity index (χ4n) is 2.28. The molecule has 20 heavy (non-hydrogen) atoms. The third-order valence-corrected chi connectivity index (χ3v) is 3.31. The van der Waals surface area contributed by atoms with E-state index in [1.807, 2.05) is 13.0 Å². The van der Waals surface area contributed by atoms with Crippen LogP contribution < -0.4 is 4.74 Å². The second-order valence-corrected chi connectivity index (χ2v) is 4.79. The summed E-state index contributed by atoms with van der Waals surface area (Å²) in [5.74, 6) is 0.629. The summed E-state index contributed by atoms with van der Waals surface area (Å²) in [7, 11) is 1.56. The van der Waals surface area contributed by atoms with E-state index in [4.69, 9.17) is 4.74 Å². The lowest BCUT2D eigenvalue weighted by Gasteiger charge is -2.07. The fourth-order valence-corrected chi connectivity index (χ4v) is 2.28. The molecule has 4 heteroatoms.